The second kappa shape index (κ2) is 19.5. The number of anilines is 6. The number of hydrogen-bond acceptors (Lipinski definition) is 2. The highest BCUT2D eigenvalue weighted by Gasteiger charge is 2.37. The molecule has 410 valence electrons. The van der Waals surface area contributed by atoms with Gasteiger partial charge >= 0.3 is 0 Å². The third-order valence-electron chi connectivity index (χ3n) is 18.8. The summed E-state index contributed by atoms with van der Waals surface area (Å²) >= 11 is 0. The van der Waals surface area contributed by atoms with E-state index in [-0.39, 0.29) is 10.8 Å². The molecule has 0 saturated carbocycles. The van der Waals surface area contributed by atoms with E-state index < -0.39 is 0 Å². The van der Waals surface area contributed by atoms with Crippen molar-refractivity contribution in [2.45, 2.75) is 38.5 Å². The van der Waals surface area contributed by atoms with E-state index >= 15 is 0 Å². The highest BCUT2D eigenvalue weighted by molar-refractivity contribution is 6.12. The summed E-state index contributed by atoms with van der Waals surface area (Å²) in [6, 6.07) is 99.1. The third-order valence-corrected chi connectivity index (χ3v) is 18.8. The zero-order chi connectivity index (χ0) is 58.0. The number of hydrogen-bond donors (Lipinski definition) is 0. The third kappa shape index (κ3) is 7.83. The maximum Gasteiger partial charge on any atom is 0.0542 e. The maximum absolute atomic E-state index is 4.01. The maximum atomic E-state index is 4.01. The minimum absolute atomic E-state index is 0.160. The van der Waals surface area contributed by atoms with Gasteiger partial charge in [-0.3, -0.25) is 0 Å². The molecule has 2 aliphatic carbocycles. The minimum atomic E-state index is -0.160. The van der Waals surface area contributed by atoms with Crippen molar-refractivity contribution in [3.05, 3.63) is 313 Å². The van der Waals surface area contributed by atoms with E-state index in [0.29, 0.717) is 0 Å². The van der Waals surface area contributed by atoms with E-state index in [0.717, 1.165) is 78.8 Å². The SMILES string of the molecule is C=Cc1ccc(-n2c3ccccc3c3cc(N(c4ccc(-c5ccc(N(c6ccc7c(c6)C(C)(C)c6ccccc6-7)c6ccc7c(c6)c6ccccc6n7-c6ccc(C=C)cc6)cc5)cc4)c4ccc5c(c4)C(C)(C)c4ccccc4-5)ccc32)cc1. The number of benzene rings is 12. The molecule has 86 heavy (non-hydrogen) atoms. The zero-order valence-electron chi connectivity index (χ0n) is 48.8. The van der Waals surface area contributed by atoms with Crippen LogP contribution in [-0.2, 0) is 10.8 Å². The van der Waals surface area contributed by atoms with Crippen LogP contribution in [0.1, 0.15) is 61.1 Å². The summed E-state index contributed by atoms with van der Waals surface area (Å²) in [6.07, 6.45) is 3.80. The molecule has 4 heteroatoms. The Morgan fingerprint density at radius 1 is 0.291 bits per heavy atom. The molecule has 16 rings (SSSR count). The van der Waals surface area contributed by atoms with Crippen molar-refractivity contribution in [3.63, 3.8) is 0 Å². The van der Waals surface area contributed by atoms with Crippen LogP contribution in [0.2, 0.25) is 0 Å². The summed E-state index contributed by atoms with van der Waals surface area (Å²) < 4.78 is 4.77. The highest BCUT2D eigenvalue weighted by atomic mass is 15.2. The Morgan fingerprint density at radius 2 is 0.616 bits per heavy atom. The van der Waals surface area contributed by atoms with Crippen LogP contribution in [0.4, 0.5) is 34.1 Å². The van der Waals surface area contributed by atoms with Crippen molar-refractivity contribution in [1.82, 2.24) is 9.13 Å². The molecular weight excluding hydrogens is 1040 g/mol. The molecule has 0 aliphatic heterocycles. The van der Waals surface area contributed by atoms with Gasteiger partial charge in [0.1, 0.15) is 0 Å². The molecule has 0 spiro atoms. The van der Waals surface area contributed by atoms with E-state index in [1.54, 1.807) is 0 Å². The summed E-state index contributed by atoms with van der Waals surface area (Å²) in [5.41, 5.74) is 28.3. The van der Waals surface area contributed by atoms with Gasteiger partial charge < -0.3 is 18.9 Å². The molecule has 4 nitrogen and oxygen atoms in total. The summed E-state index contributed by atoms with van der Waals surface area (Å²) in [5.74, 6) is 0. The Hall–Kier alpha value is -10.7. The summed E-state index contributed by atoms with van der Waals surface area (Å²) in [7, 11) is 0. The molecule has 2 aromatic heterocycles. The predicted octanol–water partition coefficient (Wildman–Crippen LogP) is 22.4. The lowest BCUT2D eigenvalue weighted by atomic mass is 9.82. The van der Waals surface area contributed by atoms with E-state index in [1.165, 1.54) is 77.1 Å². The van der Waals surface area contributed by atoms with Crippen LogP contribution in [0.25, 0.3) is 101 Å². The first-order valence-electron chi connectivity index (χ1n) is 29.9. The van der Waals surface area contributed by atoms with Gasteiger partial charge in [0.25, 0.3) is 0 Å². The molecule has 14 aromatic rings. The summed E-state index contributed by atoms with van der Waals surface area (Å²) in [5, 5.41) is 4.82. The van der Waals surface area contributed by atoms with Gasteiger partial charge in [-0.1, -0.05) is 199 Å². The Kier molecular flexibility index (Phi) is 11.5. The number of aromatic nitrogens is 2. The fraction of sp³-hybridized carbons (Fsp3) is 0.0732. The Bertz CT molecular complexity index is 4750. The molecule has 0 atom stereocenters. The first-order chi connectivity index (χ1) is 42.0. The number of rotatable bonds is 11. The molecule has 0 amide bonds. The quantitative estimate of drug-likeness (QED) is 0.128. The van der Waals surface area contributed by atoms with Crippen LogP contribution >= 0.6 is 0 Å². The molecule has 0 radical (unpaired) electrons. The summed E-state index contributed by atoms with van der Waals surface area (Å²) in [4.78, 5) is 4.88. The largest absolute Gasteiger partial charge is 0.310 e. The Morgan fingerprint density at radius 3 is 1.02 bits per heavy atom. The van der Waals surface area contributed by atoms with Crippen molar-refractivity contribution in [2.75, 3.05) is 9.80 Å². The van der Waals surface area contributed by atoms with Gasteiger partial charge in [0, 0.05) is 77.9 Å². The van der Waals surface area contributed by atoms with Crippen LogP contribution in [-0.4, -0.2) is 9.13 Å². The van der Waals surface area contributed by atoms with Gasteiger partial charge in [-0.2, -0.15) is 0 Å². The lowest BCUT2D eigenvalue weighted by Crippen LogP contribution is -2.16. The minimum Gasteiger partial charge on any atom is -0.310 e. The number of nitrogens with zero attached hydrogens (tertiary/aromatic N) is 4. The van der Waals surface area contributed by atoms with Crippen LogP contribution in [0, 0.1) is 0 Å². The lowest BCUT2D eigenvalue weighted by Gasteiger charge is -2.29. The van der Waals surface area contributed by atoms with Gasteiger partial charge in [-0.15, -0.1) is 0 Å². The van der Waals surface area contributed by atoms with Crippen molar-refractivity contribution < 1.29 is 0 Å². The molecular formula is C82H62N4. The van der Waals surface area contributed by atoms with Gasteiger partial charge in [0.2, 0.25) is 0 Å². The van der Waals surface area contributed by atoms with Gasteiger partial charge in [-0.05, 0) is 188 Å². The first kappa shape index (κ1) is 51.0. The Balaban J connectivity index is 0.803. The number of fused-ring (bicyclic) bond motifs is 12. The lowest BCUT2D eigenvalue weighted by molar-refractivity contribution is 0.660. The van der Waals surface area contributed by atoms with E-state index in [4.69, 9.17) is 0 Å². The average Bonchev–Trinajstić information content (AvgIpc) is 1.76. The van der Waals surface area contributed by atoms with E-state index in [9.17, 15) is 0 Å². The van der Waals surface area contributed by atoms with Gasteiger partial charge in [0.05, 0.1) is 22.1 Å². The molecule has 0 bridgehead atoms. The molecule has 12 aromatic carbocycles. The molecule has 0 N–H and O–H groups in total. The standard InChI is InChI=1S/C82H62N4/c1-7-53-25-33-59(34-26-53)85-77-23-15-11-19-69(77)71-49-61(43-47-79(71)85)83(63-41-45-67-65-17-9-13-21-73(65)81(3,4)75(67)51-63)57-37-29-55(30-38-57)56-31-39-58(40-32-56)84(64-42-46-68-66-18-10-14-22-74(66)82(5,6)76(68)52-64)62-44-48-80-72(50-62)70-20-12-16-24-78(70)86(80)60-35-27-54(8-2)28-36-60/h7-52H,1-2H2,3-6H3. The van der Waals surface area contributed by atoms with Crippen LogP contribution in [0.5, 0.6) is 0 Å². The van der Waals surface area contributed by atoms with Crippen molar-refractivity contribution in [1.29, 1.82) is 0 Å². The second-order valence-electron chi connectivity index (χ2n) is 24.3. The zero-order valence-corrected chi connectivity index (χ0v) is 48.8. The van der Waals surface area contributed by atoms with Crippen molar-refractivity contribution in [2.24, 2.45) is 0 Å². The summed E-state index contributed by atoms with van der Waals surface area (Å²) in [6.45, 7) is 17.5. The van der Waals surface area contributed by atoms with Crippen LogP contribution < -0.4 is 9.80 Å². The fourth-order valence-electron chi connectivity index (χ4n) is 14.4. The average molecular weight is 1100 g/mol. The van der Waals surface area contributed by atoms with Crippen molar-refractivity contribution in [3.8, 4) is 44.8 Å². The smallest absolute Gasteiger partial charge is 0.0542 e. The highest BCUT2D eigenvalue weighted by Crippen LogP contribution is 2.53. The first-order valence-corrected chi connectivity index (χ1v) is 29.9. The molecule has 0 saturated heterocycles. The number of para-hydroxylation sites is 2. The normalized spacial score (nSPS) is 13.4. The van der Waals surface area contributed by atoms with E-state index in [1.807, 2.05) is 12.2 Å². The topological polar surface area (TPSA) is 16.3 Å². The fourth-order valence-corrected chi connectivity index (χ4v) is 14.4. The van der Waals surface area contributed by atoms with Crippen LogP contribution in [0.3, 0.4) is 0 Å². The predicted molar refractivity (Wildman–Crippen MR) is 365 cm³/mol. The monoisotopic (exact) mass is 1100 g/mol. The van der Waals surface area contributed by atoms with Crippen LogP contribution in [0.15, 0.2) is 280 Å². The molecule has 2 aliphatic rings. The van der Waals surface area contributed by atoms with Crippen molar-refractivity contribution >= 4 is 89.9 Å². The van der Waals surface area contributed by atoms with Gasteiger partial charge in [-0.25, -0.2) is 0 Å². The molecule has 0 fully saturated rings. The van der Waals surface area contributed by atoms with Gasteiger partial charge in [0.15, 0.2) is 0 Å². The Labute approximate surface area is 502 Å². The molecule has 2 heterocycles. The second-order valence-corrected chi connectivity index (χ2v) is 24.3. The van der Waals surface area contributed by atoms with E-state index in [2.05, 4.69) is 327 Å². The molecule has 0 unspecified atom stereocenters.